The van der Waals surface area contributed by atoms with Gasteiger partial charge in [-0.1, -0.05) is 48.0 Å². The monoisotopic (exact) mass is 387 g/mol. The van der Waals surface area contributed by atoms with Crippen LogP contribution < -0.4 is 4.80 Å². The Morgan fingerprint density at radius 1 is 0.929 bits per heavy atom. The van der Waals surface area contributed by atoms with Crippen LogP contribution in [0.5, 0.6) is 0 Å². The second-order valence-electron chi connectivity index (χ2n) is 6.62. The maximum Gasteiger partial charge on any atom is 0.211 e. The standard InChI is InChI=1S/C23H21N3OS/c1-16-9-12-19(13-10-16)21-15-28-23(24-20-7-5-4-6-8-20)26(21)25-18(3)22-14-11-17(2)27-22/h4-15H,1-3H3/b24-23?,25-18-. The van der Waals surface area contributed by atoms with E-state index in [1.54, 1.807) is 11.3 Å². The predicted molar refractivity (Wildman–Crippen MR) is 115 cm³/mol. The lowest BCUT2D eigenvalue weighted by Gasteiger charge is -2.06. The molecule has 2 heterocycles. The lowest BCUT2D eigenvalue weighted by Crippen LogP contribution is -2.13. The smallest absolute Gasteiger partial charge is 0.211 e. The van der Waals surface area contributed by atoms with Crippen molar-refractivity contribution in [3.05, 3.63) is 94.0 Å². The summed E-state index contributed by atoms with van der Waals surface area (Å²) < 4.78 is 7.64. The van der Waals surface area contributed by atoms with Crippen molar-refractivity contribution in [1.29, 1.82) is 0 Å². The highest BCUT2D eigenvalue weighted by molar-refractivity contribution is 7.07. The molecule has 4 aromatic rings. The van der Waals surface area contributed by atoms with Crippen LogP contribution in [0.2, 0.25) is 0 Å². The van der Waals surface area contributed by atoms with E-state index in [0.717, 1.165) is 39.0 Å². The van der Waals surface area contributed by atoms with Gasteiger partial charge in [-0.15, -0.1) is 11.3 Å². The molecule has 0 saturated heterocycles. The van der Waals surface area contributed by atoms with E-state index >= 15 is 0 Å². The van der Waals surface area contributed by atoms with Gasteiger partial charge in [0.15, 0.2) is 0 Å². The van der Waals surface area contributed by atoms with Gasteiger partial charge < -0.3 is 4.42 Å². The van der Waals surface area contributed by atoms with Crippen LogP contribution in [-0.4, -0.2) is 10.4 Å². The Hall–Kier alpha value is -3.18. The van der Waals surface area contributed by atoms with Gasteiger partial charge in [0.25, 0.3) is 0 Å². The molecular weight excluding hydrogens is 366 g/mol. The third kappa shape index (κ3) is 3.89. The number of aryl methyl sites for hydroxylation is 2. The average molecular weight is 388 g/mol. The highest BCUT2D eigenvalue weighted by Gasteiger charge is 2.10. The van der Waals surface area contributed by atoms with Crippen molar-refractivity contribution < 1.29 is 4.42 Å². The van der Waals surface area contributed by atoms with E-state index in [0.29, 0.717) is 0 Å². The maximum absolute atomic E-state index is 5.74. The number of para-hydroxylation sites is 1. The van der Waals surface area contributed by atoms with Crippen molar-refractivity contribution >= 4 is 22.7 Å². The molecule has 2 aromatic heterocycles. The van der Waals surface area contributed by atoms with E-state index in [2.05, 4.69) is 36.6 Å². The van der Waals surface area contributed by atoms with E-state index in [9.17, 15) is 0 Å². The van der Waals surface area contributed by atoms with Gasteiger partial charge >= 0.3 is 0 Å². The first-order chi connectivity index (χ1) is 13.6. The maximum atomic E-state index is 5.74. The summed E-state index contributed by atoms with van der Waals surface area (Å²) in [5.74, 6) is 1.63. The zero-order chi connectivity index (χ0) is 19.5. The van der Waals surface area contributed by atoms with Crippen molar-refractivity contribution in [2.24, 2.45) is 10.1 Å². The Labute approximate surface area is 168 Å². The molecule has 140 valence electrons. The second-order valence-corrected chi connectivity index (χ2v) is 7.46. The van der Waals surface area contributed by atoms with Gasteiger partial charge in [0, 0.05) is 10.9 Å². The number of hydrogen-bond donors (Lipinski definition) is 0. The fourth-order valence-corrected chi connectivity index (χ4v) is 3.69. The molecule has 28 heavy (non-hydrogen) atoms. The molecule has 0 spiro atoms. The third-order valence-electron chi connectivity index (χ3n) is 4.36. The van der Waals surface area contributed by atoms with Crippen LogP contribution in [0.3, 0.4) is 0 Å². The average Bonchev–Trinajstić information content (AvgIpc) is 3.30. The number of nitrogens with zero attached hydrogens (tertiary/aromatic N) is 3. The first-order valence-corrected chi connectivity index (χ1v) is 9.98. The third-order valence-corrected chi connectivity index (χ3v) is 5.18. The van der Waals surface area contributed by atoms with Crippen molar-refractivity contribution in [1.82, 2.24) is 4.68 Å². The zero-order valence-electron chi connectivity index (χ0n) is 16.1. The summed E-state index contributed by atoms with van der Waals surface area (Å²) in [6.07, 6.45) is 0. The van der Waals surface area contributed by atoms with Gasteiger partial charge in [-0.05, 0) is 45.0 Å². The molecule has 0 aliphatic rings. The van der Waals surface area contributed by atoms with Gasteiger partial charge in [0.05, 0.1) is 11.4 Å². The Balaban J connectivity index is 1.88. The van der Waals surface area contributed by atoms with Gasteiger partial charge in [-0.3, -0.25) is 0 Å². The summed E-state index contributed by atoms with van der Waals surface area (Å²) in [6, 6.07) is 22.3. The van der Waals surface area contributed by atoms with E-state index in [-0.39, 0.29) is 0 Å². The molecule has 0 bridgehead atoms. The second kappa shape index (κ2) is 7.82. The Bertz CT molecular complexity index is 1180. The molecule has 0 unspecified atom stereocenters. The first kappa shape index (κ1) is 18.2. The fourth-order valence-electron chi connectivity index (χ4n) is 2.84. The molecule has 0 amide bonds. The summed E-state index contributed by atoms with van der Waals surface area (Å²) >= 11 is 1.57. The largest absolute Gasteiger partial charge is 0.460 e. The normalized spacial score (nSPS) is 12.5. The van der Waals surface area contributed by atoms with Crippen LogP contribution >= 0.6 is 11.3 Å². The molecule has 0 radical (unpaired) electrons. The van der Waals surface area contributed by atoms with Crippen LogP contribution in [0.25, 0.3) is 11.3 Å². The van der Waals surface area contributed by atoms with Crippen molar-refractivity contribution in [3.8, 4) is 11.3 Å². The molecule has 0 saturated carbocycles. The topological polar surface area (TPSA) is 42.8 Å². The van der Waals surface area contributed by atoms with E-state index < -0.39 is 0 Å². The zero-order valence-corrected chi connectivity index (χ0v) is 16.9. The molecule has 0 aliphatic heterocycles. The summed E-state index contributed by atoms with van der Waals surface area (Å²) in [5, 5.41) is 6.95. The van der Waals surface area contributed by atoms with E-state index in [4.69, 9.17) is 14.5 Å². The Kier molecular flexibility index (Phi) is 5.08. The molecule has 0 fully saturated rings. The molecule has 0 atom stereocenters. The van der Waals surface area contributed by atoms with Crippen LogP contribution in [0.15, 0.2) is 86.6 Å². The van der Waals surface area contributed by atoms with E-state index in [1.807, 2.05) is 61.0 Å². The molecule has 2 aromatic carbocycles. The highest BCUT2D eigenvalue weighted by Crippen LogP contribution is 2.22. The Morgan fingerprint density at radius 3 is 2.36 bits per heavy atom. The summed E-state index contributed by atoms with van der Waals surface area (Å²) in [6.45, 7) is 5.97. The SMILES string of the molecule is C/C(=N/n1c(-c2ccc(C)cc2)csc1=Nc1ccccc1)c1ccc(C)o1. The number of benzene rings is 2. The minimum atomic E-state index is 0.761. The van der Waals surface area contributed by atoms with Crippen LogP contribution in [0, 0.1) is 13.8 Å². The van der Waals surface area contributed by atoms with Crippen LogP contribution in [-0.2, 0) is 0 Å². The van der Waals surface area contributed by atoms with E-state index in [1.165, 1.54) is 5.56 Å². The number of rotatable bonds is 4. The molecule has 0 aliphatic carbocycles. The van der Waals surface area contributed by atoms with Gasteiger partial charge in [-0.25, -0.2) is 9.67 Å². The molecule has 4 rings (SSSR count). The van der Waals surface area contributed by atoms with Gasteiger partial charge in [0.1, 0.15) is 17.2 Å². The molecular formula is C23H21N3OS. The molecule has 4 nitrogen and oxygen atoms in total. The summed E-state index contributed by atoms with van der Waals surface area (Å²) in [4.78, 5) is 5.61. The van der Waals surface area contributed by atoms with Gasteiger partial charge in [0.2, 0.25) is 4.80 Å². The lowest BCUT2D eigenvalue weighted by molar-refractivity contribution is 0.524. The lowest BCUT2D eigenvalue weighted by atomic mass is 10.1. The quantitative estimate of drug-likeness (QED) is 0.400. The number of thiazole rings is 1. The first-order valence-electron chi connectivity index (χ1n) is 9.10. The highest BCUT2D eigenvalue weighted by atomic mass is 32.1. The molecule has 0 N–H and O–H groups in total. The fraction of sp³-hybridized carbons (Fsp3) is 0.130. The predicted octanol–water partition coefficient (Wildman–Crippen LogP) is 5.93. The number of hydrogen-bond acceptors (Lipinski definition) is 4. The summed E-state index contributed by atoms with van der Waals surface area (Å²) in [5.41, 5.74) is 5.03. The Morgan fingerprint density at radius 2 is 1.68 bits per heavy atom. The number of aromatic nitrogens is 1. The summed E-state index contributed by atoms with van der Waals surface area (Å²) in [7, 11) is 0. The number of furan rings is 1. The van der Waals surface area contributed by atoms with Crippen molar-refractivity contribution in [3.63, 3.8) is 0 Å². The van der Waals surface area contributed by atoms with Crippen LogP contribution in [0.4, 0.5) is 5.69 Å². The van der Waals surface area contributed by atoms with Crippen LogP contribution in [0.1, 0.15) is 24.0 Å². The minimum Gasteiger partial charge on any atom is -0.460 e. The molecule has 5 heteroatoms. The minimum absolute atomic E-state index is 0.761. The van der Waals surface area contributed by atoms with Gasteiger partial charge in [-0.2, -0.15) is 5.10 Å². The van der Waals surface area contributed by atoms with Crippen molar-refractivity contribution in [2.75, 3.05) is 0 Å². The van der Waals surface area contributed by atoms with Crippen molar-refractivity contribution in [2.45, 2.75) is 20.8 Å².